The number of aryl methyl sites for hydroxylation is 3. The number of thiophene rings is 1. The third kappa shape index (κ3) is 7.37. The van der Waals surface area contributed by atoms with Crippen LogP contribution < -0.4 is 26.4 Å². The van der Waals surface area contributed by atoms with Crippen LogP contribution in [-0.4, -0.2) is 6.71 Å². The van der Waals surface area contributed by atoms with E-state index in [9.17, 15) is 0 Å². The Balaban J connectivity index is 1.30. The fourth-order valence-corrected chi connectivity index (χ4v) is 12.2. The predicted octanol–water partition coefficient (Wildman–Crippen LogP) is 17.0. The van der Waals surface area contributed by atoms with Crippen LogP contribution in [0.5, 0.6) is 0 Å². The van der Waals surface area contributed by atoms with Crippen LogP contribution in [0.15, 0.2) is 138 Å². The van der Waals surface area contributed by atoms with Crippen molar-refractivity contribution in [3.8, 4) is 21.6 Å². The van der Waals surface area contributed by atoms with E-state index in [1.54, 1.807) is 0 Å². The summed E-state index contributed by atoms with van der Waals surface area (Å²) in [6, 6.07) is 51.2. The molecular formula is C64H65BN2OS. The van der Waals surface area contributed by atoms with E-state index in [1.807, 2.05) is 11.3 Å². The second-order valence-electron chi connectivity index (χ2n) is 23.4. The molecule has 0 amide bonds. The van der Waals surface area contributed by atoms with Crippen LogP contribution in [0.2, 0.25) is 0 Å². The summed E-state index contributed by atoms with van der Waals surface area (Å²) in [4.78, 5) is 6.53. The number of fused-ring (bicyclic) bond motifs is 7. The van der Waals surface area contributed by atoms with Crippen molar-refractivity contribution in [3.63, 3.8) is 0 Å². The molecule has 0 aliphatic carbocycles. The fourth-order valence-electron chi connectivity index (χ4n) is 11.1. The largest absolute Gasteiger partial charge is 0.468 e. The van der Waals surface area contributed by atoms with E-state index in [-0.39, 0.29) is 28.9 Å². The number of rotatable bonds is 5. The highest BCUT2D eigenvalue weighted by Gasteiger charge is 2.48. The lowest BCUT2D eigenvalue weighted by atomic mass is 9.35. The first kappa shape index (κ1) is 45.2. The highest BCUT2D eigenvalue weighted by atomic mass is 32.1. The molecule has 0 N–H and O–H groups in total. The molecule has 0 spiro atoms. The third-order valence-electron chi connectivity index (χ3n) is 15.0. The Hall–Kier alpha value is -6.30. The molecule has 4 heterocycles. The van der Waals surface area contributed by atoms with Crippen LogP contribution in [0.4, 0.5) is 34.1 Å². The van der Waals surface area contributed by atoms with Gasteiger partial charge >= 0.3 is 0 Å². The van der Waals surface area contributed by atoms with E-state index < -0.39 is 0 Å². The Labute approximate surface area is 414 Å². The maximum Gasteiger partial charge on any atom is 0.297 e. The highest BCUT2D eigenvalue weighted by Crippen LogP contribution is 2.52. The summed E-state index contributed by atoms with van der Waals surface area (Å²) in [5.74, 6) is 0.267. The van der Waals surface area contributed by atoms with Gasteiger partial charge in [0.05, 0.1) is 22.7 Å². The Morgan fingerprint density at radius 3 is 1.77 bits per heavy atom. The zero-order chi connectivity index (χ0) is 48.6. The summed E-state index contributed by atoms with van der Waals surface area (Å²) in [7, 11) is 0. The van der Waals surface area contributed by atoms with Gasteiger partial charge < -0.3 is 14.2 Å². The van der Waals surface area contributed by atoms with Gasteiger partial charge in [0.15, 0.2) is 0 Å². The van der Waals surface area contributed by atoms with Crippen LogP contribution in [0.3, 0.4) is 0 Å². The molecule has 0 atom stereocenters. The van der Waals surface area contributed by atoms with Crippen molar-refractivity contribution in [1.29, 1.82) is 0 Å². The molecule has 0 fully saturated rings. The van der Waals surface area contributed by atoms with Gasteiger partial charge in [-0.15, -0.1) is 11.3 Å². The van der Waals surface area contributed by atoms with Crippen LogP contribution in [0.25, 0.3) is 42.6 Å². The number of hydrogen-bond acceptors (Lipinski definition) is 4. The molecule has 7 aromatic carbocycles. The quantitative estimate of drug-likeness (QED) is 0.160. The number of benzene rings is 7. The molecule has 0 unspecified atom stereocenters. The molecule has 0 radical (unpaired) electrons. The summed E-state index contributed by atoms with van der Waals surface area (Å²) in [6.45, 7) is 32.4. The average Bonchev–Trinajstić information content (AvgIpc) is 3.90. The molecule has 346 valence electrons. The van der Waals surface area contributed by atoms with Gasteiger partial charge in [0.1, 0.15) is 5.58 Å². The van der Waals surface area contributed by atoms with Crippen LogP contribution >= 0.6 is 11.3 Å². The predicted molar refractivity (Wildman–Crippen MR) is 301 cm³/mol. The summed E-state index contributed by atoms with van der Waals surface area (Å²) in [6.07, 6.45) is 0. The monoisotopic (exact) mass is 920 g/mol. The number of anilines is 6. The second kappa shape index (κ2) is 15.9. The van der Waals surface area contributed by atoms with Gasteiger partial charge in [-0.05, 0) is 158 Å². The first-order chi connectivity index (χ1) is 32.7. The first-order valence-corrected chi connectivity index (χ1v) is 25.8. The van der Waals surface area contributed by atoms with Gasteiger partial charge in [-0.2, -0.15) is 0 Å². The standard InChI is InChI=1S/C64H65BN2OS/c1-37(2)44-32-52-57-53(33-44)67(58-38(3)28-46(29-39(58)4)63(9,10)11)60-49-35-45(62(6,7)8)25-27-54(49)68-61(60)65(57)50-31-43(56-34-42-22-18-19-23-55(42)69-56)24-26-51(50)66(52)59-40(5)30-47(64(12,13)14)36-48(59)41-20-16-15-17-21-41/h15-37H,1-14H3. The van der Waals surface area contributed by atoms with Crippen LogP contribution in [-0.2, 0) is 16.2 Å². The van der Waals surface area contributed by atoms with Gasteiger partial charge in [0.25, 0.3) is 6.71 Å². The average molecular weight is 921 g/mol. The Bertz CT molecular complexity index is 3480. The van der Waals surface area contributed by atoms with Gasteiger partial charge in [0, 0.05) is 37.6 Å². The Morgan fingerprint density at radius 1 is 0.522 bits per heavy atom. The van der Waals surface area contributed by atoms with E-state index in [1.165, 1.54) is 110 Å². The lowest BCUT2D eigenvalue weighted by Gasteiger charge is -2.44. The molecule has 0 bridgehead atoms. The van der Waals surface area contributed by atoms with E-state index in [2.05, 4.69) is 240 Å². The minimum Gasteiger partial charge on any atom is -0.468 e. The summed E-state index contributed by atoms with van der Waals surface area (Å²) in [5, 5.41) is 2.43. The van der Waals surface area contributed by atoms with Gasteiger partial charge in [-0.1, -0.05) is 161 Å². The summed E-state index contributed by atoms with van der Waals surface area (Å²) in [5.41, 5.74) is 24.3. The van der Waals surface area contributed by atoms with Crippen molar-refractivity contribution in [2.24, 2.45) is 0 Å². The lowest BCUT2D eigenvalue weighted by molar-refractivity contribution is 0.589. The zero-order valence-corrected chi connectivity index (χ0v) is 43.9. The minimum absolute atomic E-state index is 0.0000647. The van der Waals surface area contributed by atoms with E-state index in [4.69, 9.17) is 4.42 Å². The van der Waals surface area contributed by atoms with Crippen molar-refractivity contribution < 1.29 is 4.42 Å². The third-order valence-corrected chi connectivity index (χ3v) is 16.1. The molecule has 2 aliphatic rings. The number of hydrogen-bond donors (Lipinski definition) is 0. The van der Waals surface area contributed by atoms with Crippen LogP contribution in [0, 0.1) is 20.8 Å². The SMILES string of the molecule is Cc1cc(C(C)(C)C)cc(C)c1N1c2cc(C(C)C)cc3c2B(c2cc(-c4cc5ccccc5s4)ccc2N3c2c(C)cc(C(C)(C)C)cc2-c2ccccc2)c2oc3ccc(C(C)(C)C)cc3c21. The van der Waals surface area contributed by atoms with Gasteiger partial charge in [-0.25, -0.2) is 0 Å². The molecule has 11 rings (SSSR count). The summed E-state index contributed by atoms with van der Waals surface area (Å²) < 4.78 is 8.80. The molecule has 5 heteroatoms. The topological polar surface area (TPSA) is 19.6 Å². The Kier molecular flexibility index (Phi) is 10.4. The maximum atomic E-state index is 7.50. The minimum atomic E-state index is -0.183. The van der Waals surface area contributed by atoms with Gasteiger partial charge in [0.2, 0.25) is 0 Å². The zero-order valence-electron chi connectivity index (χ0n) is 43.1. The molecule has 0 saturated heterocycles. The molecule has 3 nitrogen and oxygen atoms in total. The van der Waals surface area contributed by atoms with Crippen molar-refractivity contribution in [2.75, 3.05) is 9.80 Å². The van der Waals surface area contributed by atoms with Crippen molar-refractivity contribution in [2.45, 2.75) is 119 Å². The summed E-state index contributed by atoms with van der Waals surface area (Å²) >= 11 is 1.87. The number of nitrogens with zero attached hydrogens (tertiary/aromatic N) is 2. The van der Waals surface area contributed by atoms with Crippen LogP contribution in [0.1, 0.15) is 121 Å². The normalized spacial score (nSPS) is 13.7. The molecule has 9 aromatic rings. The first-order valence-electron chi connectivity index (χ1n) is 25.0. The van der Waals surface area contributed by atoms with Crippen molar-refractivity contribution in [3.05, 3.63) is 172 Å². The van der Waals surface area contributed by atoms with E-state index in [0.29, 0.717) is 0 Å². The number of furan rings is 1. The van der Waals surface area contributed by atoms with Crippen molar-refractivity contribution in [1.82, 2.24) is 0 Å². The molecule has 0 saturated carbocycles. The van der Waals surface area contributed by atoms with E-state index in [0.717, 1.165) is 22.3 Å². The van der Waals surface area contributed by atoms with Crippen molar-refractivity contribution >= 4 is 89.8 Å². The van der Waals surface area contributed by atoms with E-state index >= 15 is 0 Å². The molecule has 2 aliphatic heterocycles. The molecular weight excluding hydrogens is 856 g/mol. The maximum absolute atomic E-state index is 7.50. The fraction of sp³-hybridized carbons (Fsp3) is 0.281. The highest BCUT2D eigenvalue weighted by molar-refractivity contribution is 7.22. The Morgan fingerprint density at radius 2 is 1.13 bits per heavy atom. The molecule has 2 aromatic heterocycles. The second-order valence-corrected chi connectivity index (χ2v) is 24.5. The van der Waals surface area contributed by atoms with Gasteiger partial charge in [-0.3, -0.25) is 0 Å². The lowest BCUT2D eigenvalue weighted by Crippen LogP contribution is -2.61. The smallest absolute Gasteiger partial charge is 0.297 e. The molecule has 69 heavy (non-hydrogen) atoms.